The van der Waals surface area contributed by atoms with Gasteiger partial charge in [0.1, 0.15) is 12.4 Å². The molecule has 1 aromatic rings. The summed E-state index contributed by atoms with van der Waals surface area (Å²) in [4.78, 5) is 4.49. The van der Waals surface area contributed by atoms with Crippen LogP contribution in [0.3, 0.4) is 0 Å². The minimum atomic E-state index is 0.0864. The zero-order valence-corrected chi connectivity index (χ0v) is 11.1. The zero-order valence-electron chi connectivity index (χ0n) is 11.1. The summed E-state index contributed by atoms with van der Waals surface area (Å²) in [6.07, 6.45) is 0.0864. The van der Waals surface area contributed by atoms with E-state index in [4.69, 9.17) is 9.47 Å². The Bertz CT molecular complexity index is 342. The predicted molar refractivity (Wildman–Crippen MR) is 68.3 cm³/mol. The van der Waals surface area contributed by atoms with E-state index in [0.717, 1.165) is 30.2 Å². The van der Waals surface area contributed by atoms with Gasteiger partial charge in [-0.2, -0.15) is 0 Å². The Hall–Kier alpha value is -1.13. The highest BCUT2D eigenvalue weighted by molar-refractivity contribution is 5.29. The smallest absolute Gasteiger partial charge is 0.142 e. The second-order valence-electron chi connectivity index (χ2n) is 4.04. The monoisotopic (exact) mass is 238 g/mol. The predicted octanol–water partition coefficient (Wildman–Crippen LogP) is 1.91. The molecule has 1 atom stereocenters. The van der Waals surface area contributed by atoms with Crippen LogP contribution >= 0.6 is 0 Å². The van der Waals surface area contributed by atoms with Crippen LogP contribution < -0.4 is 10.1 Å². The number of nitrogens with zero attached hydrogens (tertiary/aromatic N) is 1. The third-order valence-corrected chi connectivity index (χ3v) is 2.49. The first-order chi connectivity index (χ1) is 8.17. The Morgan fingerprint density at radius 2 is 2.18 bits per heavy atom. The van der Waals surface area contributed by atoms with Crippen molar-refractivity contribution in [2.24, 2.45) is 0 Å². The van der Waals surface area contributed by atoms with Crippen LogP contribution in [0.1, 0.15) is 25.2 Å². The molecule has 0 radical (unpaired) electrons. The van der Waals surface area contributed by atoms with Crippen molar-refractivity contribution in [3.63, 3.8) is 0 Å². The fourth-order valence-electron chi connectivity index (χ4n) is 1.37. The fraction of sp³-hybridized carbons (Fsp3) is 0.615. The summed E-state index contributed by atoms with van der Waals surface area (Å²) in [6.45, 7) is 8.23. The summed E-state index contributed by atoms with van der Waals surface area (Å²) in [5.74, 6) is 0.834. The first kappa shape index (κ1) is 13.9. The summed E-state index contributed by atoms with van der Waals surface area (Å²) in [6, 6.07) is 3.93. The molecular weight excluding hydrogens is 216 g/mol. The van der Waals surface area contributed by atoms with Gasteiger partial charge in [-0.15, -0.1) is 0 Å². The average Bonchev–Trinajstić information content (AvgIpc) is 2.34. The molecule has 1 N–H and O–H groups in total. The second kappa shape index (κ2) is 7.25. The van der Waals surface area contributed by atoms with E-state index in [0.29, 0.717) is 6.61 Å². The first-order valence-electron chi connectivity index (χ1n) is 6.00. The number of methoxy groups -OCH3 is 1. The number of hydrogen-bond acceptors (Lipinski definition) is 4. The summed E-state index contributed by atoms with van der Waals surface area (Å²) >= 11 is 0. The van der Waals surface area contributed by atoms with Crippen molar-refractivity contribution in [2.45, 2.75) is 33.4 Å². The molecule has 1 aromatic heterocycles. The maximum absolute atomic E-state index is 5.71. The van der Waals surface area contributed by atoms with E-state index in [1.54, 1.807) is 7.11 Å². The molecule has 4 heteroatoms. The normalized spacial score (nSPS) is 12.5. The van der Waals surface area contributed by atoms with E-state index in [-0.39, 0.29) is 6.10 Å². The largest absolute Gasteiger partial charge is 0.489 e. The molecule has 0 saturated carbocycles. The minimum Gasteiger partial charge on any atom is -0.489 e. The second-order valence-corrected chi connectivity index (χ2v) is 4.04. The molecule has 0 saturated heterocycles. The summed E-state index contributed by atoms with van der Waals surface area (Å²) in [5, 5.41) is 3.26. The Morgan fingerprint density at radius 1 is 1.41 bits per heavy atom. The van der Waals surface area contributed by atoms with Crippen LogP contribution in [0.2, 0.25) is 0 Å². The molecule has 96 valence electrons. The highest BCUT2D eigenvalue weighted by atomic mass is 16.5. The summed E-state index contributed by atoms with van der Waals surface area (Å²) < 4.78 is 10.9. The molecule has 17 heavy (non-hydrogen) atoms. The molecule has 0 aliphatic heterocycles. The van der Waals surface area contributed by atoms with Crippen LogP contribution in [0.4, 0.5) is 0 Å². The summed E-state index contributed by atoms with van der Waals surface area (Å²) in [7, 11) is 1.68. The number of aromatic nitrogens is 1. The van der Waals surface area contributed by atoms with Crippen molar-refractivity contribution in [1.29, 1.82) is 0 Å². The zero-order chi connectivity index (χ0) is 12.7. The van der Waals surface area contributed by atoms with E-state index in [1.165, 1.54) is 0 Å². The van der Waals surface area contributed by atoms with Crippen LogP contribution in [0, 0.1) is 6.92 Å². The Labute approximate surface area is 103 Å². The van der Waals surface area contributed by atoms with Crippen molar-refractivity contribution in [3.8, 4) is 5.75 Å². The SMILES string of the molecule is CCNCc1nc(C)ccc1OCC(C)OC. The van der Waals surface area contributed by atoms with Gasteiger partial charge in [-0.3, -0.25) is 4.98 Å². The molecule has 0 aliphatic rings. The molecular formula is C13H22N2O2. The van der Waals surface area contributed by atoms with Gasteiger partial charge in [0.25, 0.3) is 0 Å². The van der Waals surface area contributed by atoms with Crippen LogP contribution in [-0.4, -0.2) is 31.3 Å². The van der Waals surface area contributed by atoms with E-state index in [2.05, 4.69) is 17.2 Å². The van der Waals surface area contributed by atoms with Crippen molar-refractivity contribution < 1.29 is 9.47 Å². The van der Waals surface area contributed by atoms with E-state index in [1.807, 2.05) is 26.0 Å². The average molecular weight is 238 g/mol. The van der Waals surface area contributed by atoms with Crippen LogP contribution in [0.5, 0.6) is 5.75 Å². The highest BCUT2D eigenvalue weighted by Gasteiger charge is 2.07. The van der Waals surface area contributed by atoms with Crippen LogP contribution in [0.15, 0.2) is 12.1 Å². The first-order valence-corrected chi connectivity index (χ1v) is 6.00. The molecule has 0 spiro atoms. The lowest BCUT2D eigenvalue weighted by Crippen LogP contribution is -2.19. The third-order valence-electron chi connectivity index (χ3n) is 2.49. The van der Waals surface area contributed by atoms with Crippen LogP contribution in [-0.2, 0) is 11.3 Å². The van der Waals surface area contributed by atoms with Gasteiger partial charge < -0.3 is 14.8 Å². The number of nitrogens with one attached hydrogen (secondary N) is 1. The van der Waals surface area contributed by atoms with E-state index < -0.39 is 0 Å². The number of hydrogen-bond donors (Lipinski definition) is 1. The highest BCUT2D eigenvalue weighted by Crippen LogP contribution is 2.17. The Morgan fingerprint density at radius 3 is 2.82 bits per heavy atom. The molecule has 0 aromatic carbocycles. The molecule has 1 unspecified atom stereocenters. The van der Waals surface area contributed by atoms with Crippen LogP contribution in [0.25, 0.3) is 0 Å². The topological polar surface area (TPSA) is 43.4 Å². The van der Waals surface area contributed by atoms with Crippen molar-refractivity contribution in [1.82, 2.24) is 10.3 Å². The van der Waals surface area contributed by atoms with Crippen molar-refractivity contribution >= 4 is 0 Å². The number of rotatable bonds is 7. The van der Waals surface area contributed by atoms with Gasteiger partial charge in [-0.05, 0) is 32.5 Å². The van der Waals surface area contributed by atoms with Gasteiger partial charge in [0, 0.05) is 19.3 Å². The van der Waals surface area contributed by atoms with E-state index in [9.17, 15) is 0 Å². The summed E-state index contributed by atoms with van der Waals surface area (Å²) in [5.41, 5.74) is 1.96. The number of aryl methyl sites for hydroxylation is 1. The van der Waals surface area contributed by atoms with Gasteiger partial charge in [0.15, 0.2) is 0 Å². The van der Waals surface area contributed by atoms with E-state index >= 15 is 0 Å². The lowest BCUT2D eigenvalue weighted by atomic mass is 10.2. The fourth-order valence-corrected chi connectivity index (χ4v) is 1.37. The van der Waals surface area contributed by atoms with Gasteiger partial charge in [-0.1, -0.05) is 6.92 Å². The Kier molecular flexibility index (Phi) is 5.94. The third kappa shape index (κ3) is 4.71. The molecule has 1 rings (SSSR count). The Balaban J connectivity index is 2.68. The maximum Gasteiger partial charge on any atom is 0.142 e. The van der Waals surface area contributed by atoms with Gasteiger partial charge in [0.2, 0.25) is 0 Å². The maximum atomic E-state index is 5.71. The van der Waals surface area contributed by atoms with Gasteiger partial charge in [-0.25, -0.2) is 0 Å². The van der Waals surface area contributed by atoms with Gasteiger partial charge >= 0.3 is 0 Å². The molecule has 4 nitrogen and oxygen atoms in total. The molecule has 0 amide bonds. The molecule has 0 aliphatic carbocycles. The van der Waals surface area contributed by atoms with Gasteiger partial charge in [0.05, 0.1) is 11.8 Å². The van der Waals surface area contributed by atoms with Crippen molar-refractivity contribution in [2.75, 3.05) is 20.3 Å². The number of ether oxygens (including phenoxy) is 2. The number of pyridine rings is 1. The lowest BCUT2D eigenvalue weighted by Gasteiger charge is -2.14. The molecule has 1 heterocycles. The molecule has 0 fully saturated rings. The lowest BCUT2D eigenvalue weighted by molar-refractivity contribution is 0.0711. The quantitative estimate of drug-likeness (QED) is 0.788. The van der Waals surface area contributed by atoms with Crippen molar-refractivity contribution in [3.05, 3.63) is 23.5 Å². The standard InChI is InChI=1S/C13H22N2O2/c1-5-14-8-12-13(7-6-10(2)15-12)17-9-11(3)16-4/h6-7,11,14H,5,8-9H2,1-4H3. The minimum absolute atomic E-state index is 0.0864. The molecule has 0 bridgehead atoms.